The number of hydrogen-bond acceptors (Lipinski definition) is 5. The van der Waals surface area contributed by atoms with E-state index in [1.54, 1.807) is 30.5 Å². The van der Waals surface area contributed by atoms with Crippen molar-refractivity contribution in [2.75, 3.05) is 13.2 Å². The lowest BCUT2D eigenvalue weighted by Crippen LogP contribution is -2.28. The molecule has 1 aromatic carbocycles. The lowest BCUT2D eigenvalue weighted by molar-refractivity contribution is -0.123. The molecule has 0 spiro atoms. The van der Waals surface area contributed by atoms with E-state index in [1.807, 2.05) is 12.1 Å². The molecule has 1 aromatic heterocycles. The molecule has 0 radical (unpaired) electrons. The minimum absolute atomic E-state index is 0.152. The molecule has 25 heavy (non-hydrogen) atoms. The van der Waals surface area contributed by atoms with Crippen LogP contribution in [0.4, 0.5) is 0 Å². The zero-order chi connectivity index (χ0) is 17.5. The van der Waals surface area contributed by atoms with Crippen LogP contribution in [0, 0.1) is 5.92 Å². The Labute approximate surface area is 146 Å². The molecule has 1 N–H and O–H groups in total. The first-order valence-corrected chi connectivity index (χ1v) is 8.26. The molecule has 6 nitrogen and oxygen atoms in total. The average molecular weight is 340 g/mol. The van der Waals surface area contributed by atoms with Crippen molar-refractivity contribution >= 4 is 12.2 Å². The van der Waals surface area contributed by atoms with Crippen LogP contribution in [-0.4, -0.2) is 30.4 Å². The smallest absolute Gasteiger partial charge is 0.258 e. The van der Waals surface area contributed by atoms with Crippen LogP contribution in [0.3, 0.4) is 0 Å². The van der Waals surface area contributed by atoms with Gasteiger partial charge in [-0.1, -0.05) is 12.1 Å². The highest BCUT2D eigenvalue weighted by molar-refractivity contribution is 5.80. The van der Waals surface area contributed by atoms with Gasteiger partial charge in [0.25, 0.3) is 5.91 Å². The summed E-state index contributed by atoms with van der Waals surface area (Å²) >= 11 is 0. The minimum Gasteiger partial charge on any atom is -0.483 e. The second-order valence-electron chi connectivity index (χ2n) is 5.98. The summed E-state index contributed by atoms with van der Waals surface area (Å²) in [4.78, 5) is 27.0. The lowest BCUT2D eigenvalue weighted by atomic mass is 10.2. The third kappa shape index (κ3) is 5.31. The highest BCUT2D eigenvalue weighted by atomic mass is 16.5. The summed E-state index contributed by atoms with van der Waals surface area (Å²) in [6, 6.07) is 10.4. The van der Waals surface area contributed by atoms with E-state index in [1.165, 1.54) is 12.8 Å². The molecule has 1 fully saturated rings. The fourth-order valence-electron chi connectivity index (χ4n) is 2.23. The monoisotopic (exact) mass is 340 g/mol. The highest BCUT2D eigenvalue weighted by Crippen LogP contribution is 2.29. The van der Waals surface area contributed by atoms with Crippen molar-refractivity contribution in [3.05, 3.63) is 53.7 Å². The van der Waals surface area contributed by atoms with Crippen LogP contribution in [0.1, 0.15) is 28.8 Å². The summed E-state index contributed by atoms with van der Waals surface area (Å²) in [6.45, 7) is 0.910. The van der Waals surface area contributed by atoms with Gasteiger partial charge in [0.05, 0.1) is 12.2 Å². The number of pyridine rings is 1. The summed E-state index contributed by atoms with van der Waals surface area (Å²) in [5, 5.41) is 2.78. The van der Waals surface area contributed by atoms with Crippen LogP contribution < -0.4 is 14.8 Å². The SMILES string of the molecule is O=Cc1ccccc1OCC(=O)NCc1ccnc(OCC2CC2)c1. The standard InChI is InChI=1S/C19H20N2O4/c22-11-16-3-1-2-4-17(16)24-13-18(23)21-10-15-7-8-20-19(9-15)25-12-14-5-6-14/h1-4,7-9,11,14H,5-6,10,12-13H2,(H,21,23). The van der Waals surface area contributed by atoms with Gasteiger partial charge in [-0.15, -0.1) is 0 Å². The van der Waals surface area contributed by atoms with E-state index < -0.39 is 0 Å². The zero-order valence-electron chi connectivity index (χ0n) is 13.8. The molecule has 130 valence electrons. The van der Waals surface area contributed by atoms with E-state index in [0.29, 0.717) is 42.5 Å². The second-order valence-corrected chi connectivity index (χ2v) is 5.98. The van der Waals surface area contributed by atoms with Crippen molar-refractivity contribution in [3.8, 4) is 11.6 Å². The molecule has 0 bridgehead atoms. The quantitative estimate of drug-likeness (QED) is 0.709. The number of aldehydes is 1. The fraction of sp³-hybridized carbons (Fsp3) is 0.316. The first kappa shape index (κ1) is 17.0. The van der Waals surface area contributed by atoms with E-state index in [-0.39, 0.29) is 12.5 Å². The van der Waals surface area contributed by atoms with Crippen LogP contribution in [-0.2, 0) is 11.3 Å². The summed E-state index contributed by atoms with van der Waals surface area (Å²) < 4.78 is 11.0. The Morgan fingerprint density at radius 3 is 2.88 bits per heavy atom. The van der Waals surface area contributed by atoms with E-state index >= 15 is 0 Å². The number of carbonyl (C=O) groups excluding carboxylic acids is 2. The number of hydrogen-bond donors (Lipinski definition) is 1. The lowest BCUT2D eigenvalue weighted by Gasteiger charge is -2.10. The number of nitrogens with one attached hydrogen (secondary N) is 1. The van der Waals surface area contributed by atoms with Crippen molar-refractivity contribution in [1.82, 2.24) is 10.3 Å². The van der Waals surface area contributed by atoms with Gasteiger partial charge in [-0.05, 0) is 42.5 Å². The van der Waals surface area contributed by atoms with E-state index in [4.69, 9.17) is 9.47 Å². The summed E-state index contributed by atoms with van der Waals surface area (Å²) in [5.74, 6) is 1.37. The van der Waals surface area contributed by atoms with Crippen LogP contribution in [0.5, 0.6) is 11.6 Å². The molecular formula is C19H20N2O4. The number of nitrogens with zero attached hydrogens (tertiary/aromatic N) is 1. The van der Waals surface area contributed by atoms with E-state index in [0.717, 1.165) is 5.56 Å². The van der Waals surface area contributed by atoms with Crippen molar-refractivity contribution in [2.45, 2.75) is 19.4 Å². The van der Waals surface area contributed by atoms with Crippen molar-refractivity contribution in [2.24, 2.45) is 5.92 Å². The predicted molar refractivity (Wildman–Crippen MR) is 91.6 cm³/mol. The summed E-state index contributed by atoms with van der Waals surface area (Å²) in [5.41, 5.74) is 1.32. The van der Waals surface area contributed by atoms with E-state index in [9.17, 15) is 9.59 Å². The van der Waals surface area contributed by atoms with Crippen LogP contribution in [0.15, 0.2) is 42.6 Å². The molecule has 0 atom stereocenters. The van der Waals surface area contributed by atoms with Gasteiger partial charge in [-0.3, -0.25) is 9.59 Å². The van der Waals surface area contributed by atoms with Crippen molar-refractivity contribution in [3.63, 3.8) is 0 Å². The van der Waals surface area contributed by atoms with Gasteiger partial charge in [0.15, 0.2) is 12.9 Å². The molecule has 0 aliphatic heterocycles. The molecule has 1 aliphatic rings. The molecule has 6 heteroatoms. The summed E-state index contributed by atoms with van der Waals surface area (Å²) in [7, 11) is 0. The van der Waals surface area contributed by atoms with Gasteiger partial charge in [-0.25, -0.2) is 4.98 Å². The number of rotatable bonds is 9. The largest absolute Gasteiger partial charge is 0.483 e. The van der Waals surface area contributed by atoms with Crippen LogP contribution in [0.2, 0.25) is 0 Å². The van der Waals surface area contributed by atoms with Gasteiger partial charge >= 0.3 is 0 Å². The van der Waals surface area contributed by atoms with Gasteiger partial charge in [0.2, 0.25) is 5.88 Å². The molecule has 0 saturated heterocycles. The van der Waals surface area contributed by atoms with E-state index in [2.05, 4.69) is 10.3 Å². The Kier molecular flexibility index (Phi) is 5.61. The van der Waals surface area contributed by atoms with Gasteiger partial charge in [0, 0.05) is 18.8 Å². The van der Waals surface area contributed by atoms with Crippen LogP contribution >= 0.6 is 0 Å². The van der Waals surface area contributed by atoms with Gasteiger partial charge < -0.3 is 14.8 Å². The molecule has 0 unspecified atom stereocenters. The van der Waals surface area contributed by atoms with Gasteiger partial charge in [0.1, 0.15) is 5.75 Å². The summed E-state index contributed by atoms with van der Waals surface area (Å²) in [6.07, 6.45) is 4.82. The number of ether oxygens (including phenoxy) is 2. The highest BCUT2D eigenvalue weighted by Gasteiger charge is 2.22. The maximum Gasteiger partial charge on any atom is 0.258 e. The Balaban J connectivity index is 1.45. The third-order valence-electron chi connectivity index (χ3n) is 3.86. The average Bonchev–Trinajstić information content (AvgIpc) is 3.48. The normalized spacial score (nSPS) is 13.1. The topological polar surface area (TPSA) is 77.5 Å². The Morgan fingerprint density at radius 2 is 2.08 bits per heavy atom. The molecule has 1 heterocycles. The number of amides is 1. The molecule has 1 aliphatic carbocycles. The Bertz CT molecular complexity index is 744. The first-order chi connectivity index (χ1) is 12.2. The number of carbonyl (C=O) groups is 2. The number of para-hydroxylation sites is 1. The minimum atomic E-state index is -0.266. The Hall–Kier alpha value is -2.89. The molecular weight excluding hydrogens is 320 g/mol. The first-order valence-electron chi connectivity index (χ1n) is 8.26. The maximum absolute atomic E-state index is 11.9. The molecule has 3 rings (SSSR count). The third-order valence-corrected chi connectivity index (χ3v) is 3.86. The van der Waals surface area contributed by atoms with Crippen molar-refractivity contribution in [1.29, 1.82) is 0 Å². The zero-order valence-corrected chi connectivity index (χ0v) is 13.8. The van der Waals surface area contributed by atoms with Crippen LogP contribution in [0.25, 0.3) is 0 Å². The Morgan fingerprint density at radius 1 is 1.24 bits per heavy atom. The maximum atomic E-state index is 11.9. The molecule has 1 amide bonds. The van der Waals surface area contributed by atoms with Crippen molar-refractivity contribution < 1.29 is 19.1 Å². The fourth-order valence-corrected chi connectivity index (χ4v) is 2.23. The second kappa shape index (κ2) is 8.28. The van der Waals surface area contributed by atoms with Gasteiger partial charge in [-0.2, -0.15) is 0 Å². The molecule has 2 aromatic rings. The molecule has 1 saturated carbocycles. The number of benzene rings is 1. The number of aromatic nitrogens is 1. The predicted octanol–water partition coefficient (Wildman–Crippen LogP) is 2.38.